The van der Waals surface area contributed by atoms with Crippen LogP contribution in [0, 0.1) is 11.3 Å². The van der Waals surface area contributed by atoms with Crippen LogP contribution in [-0.4, -0.2) is 6.04 Å². The standard InChI is InChI=1S/C18H27N/c1-4-7-14-12-16(14)19-17-15-9-6-5-8-13(15)10-11-18(17,2)3/h5-6,8-9,14,16-17,19H,4,7,10-12H2,1-3H3. The van der Waals surface area contributed by atoms with Crippen LogP contribution in [0.3, 0.4) is 0 Å². The summed E-state index contributed by atoms with van der Waals surface area (Å²) in [6.45, 7) is 7.16. The Morgan fingerprint density at radius 1 is 1.26 bits per heavy atom. The van der Waals surface area contributed by atoms with E-state index in [1.807, 2.05) is 0 Å². The predicted molar refractivity (Wildman–Crippen MR) is 81.2 cm³/mol. The van der Waals surface area contributed by atoms with Crippen LogP contribution in [0.2, 0.25) is 0 Å². The fourth-order valence-electron chi connectivity index (χ4n) is 3.74. The normalized spacial score (nSPS) is 31.8. The first-order chi connectivity index (χ1) is 9.12. The van der Waals surface area contributed by atoms with E-state index in [4.69, 9.17) is 0 Å². The topological polar surface area (TPSA) is 12.0 Å². The molecule has 3 rings (SSSR count). The molecule has 1 aromatic carbocycles. The van der Waals surface area contributed by atoms with Gasteiger partial charge in [0.2, 0.25) is 0 Å². The molecule has 0 bridgehead atoms. The van der Waals surface area contributed by atoms with Gasteiger partial charge in [-0.1, -0.05) is 51.5 Å². The molecule has 3 unspecified atom stereocenters. The van der Waals surface area contributed by atoms with Gasteiger partial charge < -0.3 is 5.32 Å². The average molecular weight is 257 g/mol. The Hall–Kier alpha value is -0.820. The second kappa shape index (κ2) is 4.94. The van der Waals surface area contributed by atoms with Crippen molar-refractivity contribution in [2.75, 3.05) is 0 Å². The van der Waals surface area contributed by atoms with E-state index in [1.165, 1.54) is 32.1 Å². The van der Waals surface area contributed by atoms with Gasteiger partial charge >= 0.3 is 0 Å². The average Bonchev–Trinajstić information content (AvgIpc) is 3.12. The second-order valence-corrected chi connectivity index (χ2v) is 7.18. The lowest BCUT2D eigenvalue weighted by atomic mass is 9.70. The van der Waals surface area contributed by atoms with Gasteiger partial charge in [0.05, 0.1) is 0 Å². The summed E-state index contributed by atoms with van der Waals surface area (Å²) in [5.41, 5.74) is 3.50. The maximum atomic E-state index is 3.97. The van der Waals surface area contributed by atoms with E-state index in [2.05, 4.69) is 50.4 Å². The Labute approximate surface area is 117 Å². The van der Waals surface area contributed by atoms with Crippen molar-refractivity contribution in [3.05, 3.63) is 35.4 Å². The third kappa shape index (κ3) is 2.58. The second-order valence-electron chi connectivity index (χ2n) is 7.18. The van der Waals surface area contributed by atoms with Crippen LogP contribution in [0.5, 0.6) is 0 Å². The molecule has 2 aliphatic carbocycles. The highest BCUT2D eigenvalue weighted by atomic mass is 15.0. The molecule has 1 nitrogen and oxygen atoms in total. The Morgan fingerprint density at radius 3 is 2.84 bits per heavy atom. The minimum atomic E-state index is 0.383. The van der Waals surface area contributed by atoms with Crippen molar-refractivity contribution < 1.29 is 0 Å². The molecule has 104 valence electrons. The van der Waals surface area contributed by atoms with Crippen molar-refractivity contribution in [3.8, 4) is 0 Å². The monoisotopic (exact) mass is 257 g/mol. The third-order valence-corrected chi connectivity index (χ3v) is 5.15. The highest BCUT2D eigenvalue weighted by molar-refractivity contribution is 5.34. The van der Waals surface area contributed by atoms with Crippen LogP contribution < -0.4 is 5.32 Å². The van der Waals surface area contributed by atoms with E-state index in [0.717, 1.165) is 12.0 Å². The van der Waals surface area contributed by atoms with Gasteiger partial charge in [-0.3, -0.25) is 0 Å². The summed E-state index contributed by atoms with van der Waals surface area (Å²) in [5, 5.41) is 3.97. The first-order valence-electron chi connectivity index (χ1n) is 7.95. The lowest BCUT2D eigenvalue weighted by Gasteiger charge is -2.41. The quantitative estimate of drug-likeness (QED) is 0.838. The molecule has 1 N–H and O–H groups in total. The van der Waals surface area contributed by atoms with Crippen molar-refractivity contribution in [2.24, 2.45) is 11.3 Å². The summed E-state index contributed by atoms with van der Waals surface area (Å²) in [6, 6.07) is 10.4. The first-order valence-corrected chi connectivity index (χ1v) is 7.95. The zero-order valence-corrected chi connectivity index (χ0v) is 12.6. The van der Waals surface area contributed by atoms with Gasteiger partial charge in [0.15, 0.2) is 0 Å². The van der Waals surface area contributed by atoms with Crippen LogP contribution in [0.4, 0.5) is 0 Å². The number of nitrogens with one attached hydrogen (secondary N) is 1. The summed E-state index contributed by atoms with van der Waals surface area (Å²) < 4.78 is 0. The highest BCUT2D eigenvalue weighted by Crippen LogP contribution is 2.46. The van der Waals surface area contributed by atoms with E-state index < -0.39 is 0 Å². The molecule has 1 aromatic rings. The maximum Gasteiger partial charge on any atom is 0.0377 e. The molecule has 0 aliphatic heterocycles. The van der Waals surface area contributed by atoms with Gasteiger partial charge in [-0.15, -0.1) is 0 Å². The Kier molecular flexibility index (Phi) is 3.42. The Morgan fingerprint density at radius 2 is 2.05 bits per heavy atom. The van der Waals surface area contributed by atoms with E-state index in [-0.39, 0.29) is 0 Å². The van der Waals surface area contributed by atoms with E-state index in [1.54, 1.807) is 11.1 Å². The molecule has 0 heterocycles. The summed E-state index contributed by atoms with van der Waals surface area (Å²) >= 11 is 0. The van der Waals surface area contributed by atoms with Crippen molar-refractivity contribution >= 4 is 0 Å². The van der Waals surface area contributed by atoms with Crippen molar-refractivity contribution in [2.45, 2.75) is 65.0 Å². The molecule has 1 saturated carbocycles. The largest absolute Gasteiger partial charge is 0.306 e. The van der Waals surface area contributed by atoms with Gasteiger partial charge in [0, 0.05) is 12.1 Å². The summed E-state index contributed by atoms with van der Waals surface area (Å²) in [6.07, 6.45) is 6.65. The lowest BCUT2D eigenvalue weighted by Crippen LogP contribution is -2.39. The molecule has 19 heavy (non-hydrogen) atoms. The number of fused-ring (bicyclic) bond motifs is 1. The van der Waals surface area contributed by atoms with Gasteiger partial charge in [0.25, 0.3) is 0 Å². The van der Waals surface area contributed by atoms with Crippen LogP contribution in [-0.2, 0) is 6.42 Å². The number of rotatable bonds is 4. The third-order valence-electron chi connectivity index (χ3n) is 5.15. The van der Waals surface area contributed by atoms with E-state index in [9.17, 15) is 0 Å². The fourth-order valence-corrected chi connectivity index (χ4v) is 3.74. The SMILES string of the molecule is CCCC1CC1NC1c2ccccc2CCC1(C)C. The predicted octanol–water partition coefficient (Wildman–Crippen LogP) is 4.48. The zero-order valence-electron chi connectivity index (χ0n) is 12.6. The smallest absolute Gasteiger partial charge is 0.0377 e. The minimum absolute atomic E-state index is 0.383. The number of hydrogen-bond donors (Lipinski definition) is 1. The molecule has 2 aliphatic rings. The van der Waals surface area contributed by atoms with Gasteiger partial charge in [-0.25, -0.2) is 0 Å². The molecular formula is C18H27N. The van der Waals surface area contributed by atoms with Crippen molar-refractivity contribution in [1.29, 1.82) is 0 Å². The van der Waals surface area contributed by atoms with E-state index >= 15 is 0 Å². The molecule has 0 spiro atoms. The molecule has 1 fully saturated rings. The number of hydrogen-bond acceptors (Lipinski definition) is 1. The number of benzene rings is 1. The van der Waals surface area contributed by atoms with Gasteiger partial charge in [0.1, 0.15) is 0 Å². The summed E-state index contributed by atoms with van der Waals surface area (Å²) in [4.78, 5) is 0. The van der Waals surface area contributed by atoms with Crippen LogP contribution in [0.15, 0.2) is 24.3 Å². The van der Waals surface area contributed by atoms with Crippen LogP contribution >= 0.6 is 0 Å². The molecule has 0 amide bonds. The Balaban J connectivity index is 1.78. The van der Waals surface area contributed by atoms with E-state index in [0.29, 0.717) is 11.5 Å². The molecule has 0 saturated heterocycles. The van der Waals surface area contributed by atoms with Crippen molar-refractivity contribution in [1.82, 2.24) is 5.32 Å². The van der Waals surface area contributed by atoms with Crippen molar-refractivity contribution in [3.63, 3.8) is 0 Å². The fraction of sp³-hybridized carbons (Fsp3) is 0.667. The zero-order chi connectivity index (χ0) is 13.5. The van der Waals surface area contributed by atoms with Gasteiger partial charge in [-0.05, 0) is 48.1 Å². The van der Waals surface area contributed by atoms with Crippen LogP contribution in [0.25, 0.3) is 0 Å². The Bertz CT molecular complexity index is 449. The number of aryl methyl sites for hydroxylation is 1. The first kappa shape index (κ1) is 13.2. The molecular weight excluding hydrogens is 230 g/mol. The maximum absolute atomic E-state index is 3.97. The van der Waals surface area contributed by atoms with Gasteiger partial charge in [-0.2, -0.15) is 0 Å². The molecule has 0 aromatic heterocycles. The lowest BCUT2D eigenvalue weighted by molar-refractivity contribution is 0.205. The van der Waals surface area contributed by atoms with Crippen LogP contribution in [0.1, 0.15) is 63.6 Å². The molecule has 1 heteroatoms. The molecule has 0 radical (unpaired) electrons. The minimum Gasteiger partial charge on any atom is -0.306 e. The molecule has 3 atom stereocenters. The highest BCUT2D eigenvalue weighted by Gasteiger charge is 2.42. The summed E-state index contributed by atoms with van der Waals surface area (Å²) in [5.74, 6) is 0.940. The summed E-state index contributed by atoms with van der Waals surface area (Å²) in [7, 11) is 0.